The number of nitrogens with zero attached hydrogens (tertiary/aromatic N) is 1. The highest BCUT2D eigenvalue weighted by atomic mass is 32.1. The molecule has 0 amide bonds. The SMILES string of the molecule is CNC1C=C(c2cccc(S)c2)c2cnccc21. The van der Waals surface area contributed by atoms with E-state index in [9.17, 15) is 0 Å². The molecule has 0 radical (unpaired) electrons. The topological polar surface area (TPSA) is 24.9 Å². The van der Waals surface area contributed by atoms with Crippen LogP contribution in [0.5, 0.6) is 0 Å². The van der Waals surface area contributed by atoms with Crippen molar-refractivity contribution < 1.29 is 0 Å². The zero-order chi connectivity index (χ0) is 12.5. The summed E-state index contributed by atoms with van der Waals surface area (Å²) < 4.78 is 0. The first-order valence-corrected chi connectivity index (χ1v) is 6.37. The van der Waals surface area contributed by atoms with Crippen molar-refractivity contribution in [1.82, 2.24) is 10.3 Å². The van der Waals surface area contributed by atoms with E-state index >= 15 is 0 Å². The van der Waals surface area contributed by atoms with Gasteiger partial charge in [-0.05, 0) is 41.9 Å². The summed E-state index contributed by atoms with van der Waals surface area (Å²) in [6.45, 7) is 0. The quantitative estimate of drug-likeness (QED) is 0.805. The van der Waals surface area contributed by atoms with E-state index in [4.69, 9.17) is 0 Å². The highest BCUT2D eigenvalue weighted by Crippen LogP contribution is 2.37. The third-order valence-electron chi connectivity index (χ3n) is 3.28. The molecule has 18 heavy (non-hydrogen) atoms. The van der Waals surface area contributed by atoms with Crippen molar-refractivity contribution in [2.75, 3.05) is 7.05 Å². The summed E-state index contributed by atoms with van der Waals surface area (Å²) in [4.78, 5) is 5.21. The standard InChI is InChI=1S/C15H14N2S/c1-16-15-8-13(10-3-2-4-11(18)7-10)14-9-17-6-5-12(14)15/h2-9,15-16,18H,1H3. The van der Waals surface area contributed by atoms with E-state index < -0.39 is 0 Å². The van der Waals surface area contributed by atoms with Gasteiger partial charge in [0.1, 0.15) is 0 Å². The van der Waals surface area contributed by atoms with Gasteiger partial charge in [0.15, 0.2) is 0 Å². The summed E-state index contributed by atoms with van der Waals surface area (Å²) in [5.41, 5.74) is 4.91. The van der Waals surface area contributed by atoms with Crippen LogP contribution in [0.2, 0.25) is 0 Å². The van der Waals surface area contributed by atoms with E-state index in [-0.39, 0.29) is 6.04 Å². The molecule has 0 bridgehead atoms. The molecule has 3 rings (SSSR count). The Kier molecular flexibility index (Phi) is 2.94. The van der Waals surface area contributed by atoms with Crippen LogP contribution in [0.3, 0.4) is 0 Å². The van der Waals surface area contributed by atoms with E-state index in [1.54, 1.807) is 0 Å². The van der Waals surface area contributed by atoms with E-state index in [1.165, 1.54) is 22.3 Å². The lowest BCUT2D eigenvalue weighted by Crippen LogP contribution is -2.11. The Morgan fingerprint density at radius 2 is 2.17 bits per heavy atom. The lowest BCUT2D eigenvalue weighted by molar-refractivity contribution is 0.724. The Hall–Kier alpha value is -1.58. The lowest BCUT2D eigenvalue weighted by Gasteiger charge is -2.08. The van der Waals surface area contributed by atoms with Crippen molar-refractivity contribution in [3.63, 3.8) is 0 Å². The molecule has 2 nitrogen and oxygen atoms in total. The Labute approximate surface area is 112 Å². The molecule has 1 aliphatic carbocycles. The van der Waals surface area contributed by atoms with Gasteiger partial charge in [0, 0.05) is 22.9 Å². The second kappa shape index (κ2) is 4.59. The molecule has 1 heterocycles. The molecule has 2 aromatic rings. The number of pyridine rings is 1. The van der Waals surface area contributed by atoms with Crippen molar-refractivity contribution >= 4 is 18.2 Å². The Bertz CT molecular complexity index is 619. The molecule has 0 saturated heterocycles. The van der Waals surface area contributed by atoms with Crippen molar-refractivity contribution in [3.8, 4) is 0 Å². The maximum Gasteiger partial charge on any atom is 0.0520 e. The van der Waals surface area contributed by atoms with Gasteiger partial charge in [-0.2, -0.15) is 0 Å². The number of benzene rings is 1. The highest BCUT2D eigenvalue weighted by Gasteiger charge is 2.22. The molecule has 0 spiro atoms. The van der Waals surface area contributed by atoms with Crippen molar-refractivity contribution in [2.45, 2.75) is 10.9 Å². The molecule has 1 atom stereocenters. The smallest absolute Gasteiger partial charge is 0.0520 e. The molecule has 1 aromatic carbocycles. The largest absolute Gasteiger partial charge is 0.310 e. The second-order valence-corrected chi connectivity index (χ2v) is 4.88. The average molecular weight is 254 g/mol. The van der Waals surface area contributed by atoms with Gasteiger partial charge in [0.2, 0.25) is 0 Å². The normalized spacial score (nSPS) is 17.4. The fourth-order valence-electron chi connectivity index (χ4n) is 2.41. The average Bonchev–Trinajstić information content (AvgIpc) is 2.77. The Balaban J connectivity index is 2.14. The minimum absolute atomic E-state index is 0.265. The number of aromatic nitrogens is 1. The van der Waals surface area contributed by atoms with Crippen LogP contribution in [0, 0.1) is 0 Å². The van der Waals surface area contributed by atoms with Gasteiger partial charge in [-0.15, -0.1) is 12.6 Å². The molecule has 0 saturated carbocycles. The summed E-state index contributed by atoms with van der Waals surface area (Å²) in [7, 11) is 1.98. The summed E-state index contributed by atoms with van der Waals surface area (Å²) in [6.07, 6.45) is 6.02. The van der Waals surface area contributed by atoms with Gasteiger partial charge >= 0.3 is 0 Å². The fraction of sp³-hybridized carbons (Fsp3) is 0.133. The van der Waals surface area contributed by atoms with Crippen LogP contribution >= 0.6 is 12.6 Å². The molecule has 1 aromatic heterocycles. The van der Waals surface area contributed by atoms with Gasteiger partial charge in [-0.3, -0.25) is 4.98 Å². The van der Waals surface area contributed by atoms with Crippen molar-refractivity contribution in [3.05, 3.63) is 65.5 Å². The number of nitrogens with one attached hydrogen (secondary N) is 1. The maximum atomic E-state index is 4.40. The van der Waals surface area contributed by atoms with Gasteiger partial charge in [-0.25, -0.2) is 0 Å². The van der Waals surface area contributed by atoms with E-state index in [0.29, 0.717) is 0 Å². The summed E-state index contributed by atoms with van der Waals surface area (Å²) in [5, 5.41) is 3.31. The number of fused-ring (bicyclic) bond motifs is 1. The van der Waals surface area contributed by atoms with Crippen LogP contribution in [0.1, 0.15) is 22.7 Å². The fourth-order valence-corrected chi connectivity index (χ4v) is 2.64. The van der Waals surface area contributed by atoms with Crippen LogP contribution in [-0.2, 0) is 0 Å². The van der Waals surface area contributed by atoms with Crippen LogP contribution in [0.15, 0.2) is 53.7 Å². The first-order valence-electron chi connectivity index (χ1n) is 5.92. The first-order chi connectivity index (χ1) is 8.79. The third-order valence-corrected chi connectivity index (χ3v) is 3.56. The molecule has 1 aliphatic rings. The number of likely N-dealkylation sites (N-methyl/N-ethyl adjacent to an activating group) is 1. The molecule has 0 aliphatic heterocycles. The van der Waals surface area contributed by atoms with Gasteiger partial charge in [0.25, 0.3) is 0 Å². The van der Waals surface area contributed by atoms with Crippen molar-refractivity contribution in [1.29, 1.82) is 0 Å². The molecule has 3 heteroatoms. The Morgan fingerprint density at radius 3 is 2.94 bits per heavy atom. The molecule has 90 valence electrons. The molecule has 1 unspecified atom stereocenters. The first kappa shape index (κ1) is 11.5. The minimum Gasteiger partial charge on any atom is -0.310 e. The van der Waals surface area contributed by atoms with Crippen LogP contribution in [0.25, 0.3) is 5.57 Å². The lowest BCUT2D eigenvalue weighted by atomic mass is 10.0. The maximum absolute atomic E-state index is 4.40. The molecule has 1 N–H and O–H groups in total. The summed E-state index contributed by atoms with van der Waals surface area (Å²) >= 11 is 4.40. The zero-order valence-corrected chi connectivity index (χ0v) is 11.0. The third kappa shape index (κ3) is 1.85. The summed E-state index contributed by atoms with van der Waals surface area (Å²) in [6, 6.07) is 10.6. The van der Waals surface area contributed by atoms with Gasteiger partial charge in [0.05, 0.1) is 6.04 Å². The Morgan fingerprint density at radius 1 is 1.28 bits per heavy atom. The van der Waals surface area contributed by atoms with E-state index in [2.05, 4.69) is 47.2 Å². The predicted octanol–water partition coefficient (Wildman–Crippen LogP) is 3.08. The highest BCUT2D eigenvalue weighted by molar-refractivity contribution is 7.80. The minimum atomic E-state index is 0.265. The molecule has 0 fully saturated rings. The predicted molar refractivity (Wildman–Crippen MR) is 76.8 cm³/mol. The number of rotatable bonds is 2. The van der Waals surface area contributed by atoms with E-state index in [1.807, 2.05) is 31.6 Å². The van der Waals surface area contributed by atoms with Gasteiger partial charge < -0.3 is 5.32 Å². The van der Waals surface area contributed by atoms with Gasteiger partial charge in [-0.1, -0.05) is 18.2 Å². The molecular formula is C15H14N2S. The molecular weight excluding hydrogens is 240 g/mol. The summed E-state index contributed by atoms with van der Waals surface area (Å²) in [5.74, 6) is 0. The zero-order valence-electron chi connectivity index (χ0n) is 10.1. The van der Waals surface area contributed by atoms with Crippen LogP contribution in [0.4, 0.5) is 0 Å². The van der Waals surface area contributed by atoms with Crippen molar-refractivity contribution in [2.24, 2.45) is 0 Å². The monoisotopic (exact) mass is 254 g/mol. The van der Waals surface area contributed by atoms with Crippen LogP contribution < -0.4 is 5.32 Å². The second-order valence-electron chi connectivity index (χ2n) is 4.36. The number of thiol groups is 1. The van der Waals surface area contributed by atoms with Crippen LogP contribution in [-0.4, -0.2) is 12.0 Å². The number of hydrogen-bond donors (Lipinski definition) is 2. The number of hydrogen-bond acceptors (Lipinski definition) is 3. The van der Waals surface area contributed by atoms with E-state index in [0.717, 1.165) is 4.90 Å².